The smallest absolute Gasteiger partial charge is 0.204 e. The molecule has 3 rings (SSSR count). The summed E-state index contributed by atoms with van der Waals surface area (Å²) in [4.78, 5) is 14.4. The predicted octanol–water partition coefficient (Wildman–Crippen LogP) is 3.90. The van der Waals surface area contributed by atoms with Crippen LogP contribution < -0.4 is 4.74 Å². The van der Waals surface area contributed by atoms with E-state index < -0.39 is 0 Å². The van der Waals surface area contributed by atoms with Crippen LogP contribution in [0.2, 0.25) is 0 Å². The maximum atomic E-state index is 12.5. The summed E-state index contributed by atoms with van der Waals surface area (Å²) >= 11 is 3.25. The molecule has 0 spiro atoms. The molecule has 0 radical (unpaired) electrons. The third-order valence-corrected chi connectivity index (χ3v) is 5.14. The first-order chi connectivity index (χ1) is 8.70. The fraction of sp³-hybridized carbons (Fsp3) is 0.214. The Balaban J connectivity index is 2.19. The summed E-state index contributed by atoms with van der Waals surface area (Å²) in [5.74, 6) is 1.77. The van der Waals surface area contributed by atoms with E-state index in [1.54, 1.807) is 18.9 Å². The molecule has 1 aliphatic rings. The molecule has 1 aromatic carbocycles. The molecule has 2 nitrogen and oxygen atoms in total. The van der Waals surface area contributed by atoms with E-state index in [9.17, 15) is 4.79 Å². The van der Waals surface area contributed by atoms with Crippen LogP contribution in [0.15, 0.2) is 28.5 Å². The minimum Gasteiger partial charge on any atom is -0.496 e. The van der Waals surface area contributed by atoms with E-state index in [2.05, 4.69) is 0 Å². The van der Waals surface area contributed by atoms with Gasteiger partial charge in [0.2, 0.25) is 5.78 Å². The molecule has 18 heavy (non-hydrogen) atoms. The molecule has 1 aliphatic heterocycles. The molecular weight excluding hydrogens is 264 g/mol. The molecule has 0 amide bonds. The highest BCUT2D eigenvalue weighted by Gasteiger charge is 2.23. The lowest BCUT2D eigenvalue weighted by atomic mass is 10.0. The Labute approximate surface area is 114 Å². The standard InChI is InChI=1S/C14H12O2S2/c1-8-5-12-10(6-11(8)16-2)13(15)14-9(7-18-12)3-4-17-14/h3-6H,7H2,1-2H3. The lowest BCUT2D eigenvalue weighted by Crippen LogP contribution is -2.02. The Hall–Kier alpha value is -1.26. The van der Waals surface area contributed by atoms with Crippen LogP contribution in [0.5, 0.6) is 5.75 Å². The van der Waals surface area contributed by atoms with E-state index >= 15 is 0 Å². The van der Waals surface area contributed by atoms with Crippen molar-refractivity contribution < 1.29 is 9.53 Å². The number of ether oxygens (including phenoxy) is 1. The van der Waals surface area contributed by atoms with Crippen molar-refractivity contribution in [3.05, 3.63) is 45.1 Å². The van der Waals surface area contributed by atoms with E-state index in [1.807, 2.05) is 30.5 Å². The van der Waals surface area contributed by atoms with Crippen LogP contribution >= 0.6 is 23.1 Å². The van der Waals surface area contributed by atoms with Crippen molar-refractivity contribution in [3.8, 4) is 5.75 Å². The van der Waals surface area contributed by atoms with Crippen LogP contribution in [0.25, 0.3) is 0 Å². The van der Waals surface area contributed by atoms with E-state index in [0.29, 0.717) is 0 Å². The number of methoxy groups -OCH3 is 1. The highest BCUT2D eigenvalue weighted by molar-refractivity contribution is 7.98. The number of hydrogen-bond donors (Lipinski definition) is 0. The van der Waals surface area contributed by atoms with Gasteiger partial charge >= 0.3 is 0 Å². The zero-order valence-corrected chi connectivity index (χ0v) is 11.8. The number of hydrogen-bond acceptors (Lipinski definition) is 4. The third kappa shape index (κ3) is 1.76. The second-order valence-electron chi connectivity index (χ2n) is 4.21. The topological polar surface area (TPSA) is 26.3 Å². The van der Waals surface area contributed by atoms with Gasteiger partial charge < -0.3 is 4.74 Å². The largest absolute Gasteiger partial charge is 0.496 e. The number of rotatable bonds is 1. The van der Waals surface area contributed by atoms with Crippen LogP contribution in [0, 0.1) is 6.92 Å². The van der Waals surface area contributed by atoms with Gasteiger partial charge in [-0.15, -0.1) is 23.1 Å². The predicted molar refractivity (Wildman–Crippen MR) is 75.0 cm³/mol. The van der Waals surface area contributed by atoms with Crippen molar-refractivity contribution in [1.29, 1.82) is 0 Å². The van der Waals surface area contributed by atoms with Gasteiger partial charge in [-0.2, -0.15) is 0 Å². The second kappa shape index (κ2) is 4.44. The number of aryl methyl sites for hydroxylation is 1. The average Bonchev–Trinajstić information content (AvgIpc) is 2.79. The zero-order chi connectivity index (χ0) is 12.7. The summed E-state index contributed by atoms with van der Waals surface area (Å²) in [5.41, 5.74) is 2.98. The number of thiophene rings is 1. The summed E-state index contributed by atoms with van der Waals surface area (Å²) in [5, 5.41) is 1.99. The average molecular weight is 276 g/mol. The fourth-order valence-corrected chi connectivity index (χ4v) is 4.19. The van der Waals surface area contributed by atoms with E-state index in [1.165, 1.54) is 11.3 Å². The molecule has 0 N–H and O–H groups in total. The van der Waals surface area contributed by atoms with Gasteiger partial charge in [0.05, 0.1) is 12.0 Å². The van der Waals surface area contributed by atoms with Gasteiger partial charge in [0.1, 0.15) is 5.75 Å². The van der Waals surface area contributed by atoms with Crippen molar-refractivity contribution in [1.82, 2.24) is 0 Å². The molecular formula is C14H12O2S2. The van der Waals surface area contributed by atoms with Crippen LogP contribution in [0.1, 0.15) is 26.4 Å². The quantitative estimate of drug-likeness (QED) is 0.790. The fourth-order valence-electron chi connectivity index (χ4n) is 2.10. The molecule has 92 valence electrons. The van der Waals surface area contributed by atoms with Crippen LogP contribution in [0.3, 0.4) is 0 Å². The van der Waals surface area contributed by atoms with Gasteiger partial charge in [0, 0.05) is 16.2 Å². The minimum atomic E-state index is 0.123. The molecule has 2 aromatic rings. The molecule has 0 atom stereocenters. The highest BCUT2D eigenvalue weighted by Crippen LogP contribution is 2.38. The molecule has 0 aliphatic carbocycles. The number of carbonyl (C=O) groups excluding carboxylic acids is 1. The SMILES string of the molecule is COc1cc2c(cc1C)SCc1ccsc1C2=O. The maximum Gasteiger partial charge on any atom is 0.204 e. The Bertz CT molecular complexity index is 629. The minimum absolute atomic E-state index is 0.123. The van der Waals surface area contributed by atoms with Crippen molar-refractivity contribution in [3.63, 3.8) is 0 Å². The second-order valence-corrected chi connectivity index (χ2v) is 6.14. The summed E-state index contributed by atoms with van der Waals surface area (Å²) < 4.78 is 5.31. The molecule has 0 fully saturated rings. The van der Waals surface area contributed by atoms with E-state index in [4.69, 9.17) is 4.74 Å². The number of benzene rings is 1. The number of thioether (sulfide) groups is 1. The number of ketones is 1. The van der Waals surface area contributed by atoms with Gasteiger partial charge in [-0.25, -0.2) is 0 Å². The third-order valence-electron chi connectivity index (χ3n) is 3.08. The Kier molecular flexibility index (Phi) is 2.92. The van der Waals surface area contributed by atoms with Gasteiger partial charge in [-0.05, 0) is 41.6 Å². The maximum absolute atomic E-state index is 12.5. The molecule has 2 heterocycles. The Morgan fingerprint density at radius 2 is 2.17 bits per heavy atom. The van der Waals surface area contributed by atoms with Crippen molar-refractivity contribution in [2.24, 2.45) is 0 Å². The van der Waals surface area contributed by atoms with Crippen molar-refractivity contribution >= 4 is 28.9 Å². The van der Waals surface area contributed by atoms with Crippen LogP contribution in [-0.2, 0) is 5.75 Å². The van der Waals surface area contributed by atoms with Crippen molar-refractivity contribution in [2.45, 2.75) is 17.6 Å². The first kappa shape index (κ1) is 11.8. The first-order valence-electron chi connectivity index (χ1n) is 5.63. The molecule has 1 aromatic heterocycles. The molecule has 0 saturated heterocycles. The first-order valence-corrected chi connectivity index (χ1v) is 7.49. The van der Waals surface area contributed by atoms with Gasteiger partial charge in [-0.3, -0.25) is 4.79 Å². The molecule has 0 bridgehead atoms. The highest BCUT2D eigenvalue weighted by atomic mass is 32.2. The normalized spacial score (nSPS) is 13.8. The molecule has 4 heteroatoms. The van der Waals surface area contributed by atoms with Crippen molar-refractivity contribution in [2.75, 3.05) is 7.11 Å². The Morgan fingerprint density at radius 1 is 1.33 bits per heavy atom. The summed E-state index contributed by atoms with van der Waals surface area (Å²) in [7, 11) is 1.64. The summed E-state index contributed by atoms with van der Waals surface area (Å²) in [6, 6.07) is 5.96. The monoisotopic (exact) mass is 276 g/mol. The summed E-state index contributed by atoms with van der Waals surface area (Å²) in [6.45, 7) is 2.00. The molecule has 0 saturated carbocycles. The van der Waals surface area contributed by atoms with E-state index in [-0.39, 0.29) is 5.78 Å². The van der Waals surface area contributed by atoms with E-state index in [0.717, 1.165) is 38.0 Å². The van der Waals surface area contributed by atoms with Gasteiger partial charge in [0.15, 0.2) is 0 Å². The van der Waals surface area contributed by atoms with Crippen LogP contribution in [-0.4, -0.2) is 12.9 Å². The lowest BCUT2D eigenvalue weighted by Gasteiger charge is -2.10. The molecule has 0 unspecified atom stereocenters. The number of carbonyl (C=O) groups is 1. The lowest BCUT2D eigenvalue weighted by molar-refractivity contribution is 0.103. The number of fused-ring (bicyclic) bond motifs is 2. The van der Waals surface area contributed by atoms with Gasteiger partial charge in [0.25, 0.3) is 0 Å². The summed E-state index contributed by atoms with van der Waals surface area (Å²) in [6.07, 6.45) is 0. The zero-order valence-electron chi connectivity index (χ0n) is 10.1. The Morgan fingerprint density at radius 3 is 2.94 bits per heavy atom. The van der Waals surface area contributed by atoms with Crippen LogP contribution in [0.4, 0.5) is 0 Å². The van der Waals surface area contributed by atoms with Gasteiger partial charge in [-0.1, -0.05) is 0 Å².